The van der Waals surface area contributed by atoms with Gasteiger partial charge in [-0.2, -0.15) is 0 Å². The van der Waals surface area contributed by atoms with Gasteiger partial charge in [-0.25, -0.2) is 15.0 Å². The molecule has 10 nitrogen and oxygen atoms in total. The number of nitro benzene ring substituents is 1. The highest BCUT2D eigenvalue weighted by Crippen LogP contribution is 2.27. The van der Waals surface area contributed by atoms with E-state index in [1.165, 1.54) is 30.6 Å². The number of aryl methyl sites for hydroxylation is 1. The molecule has 0 saturated carbocycles. The van der Waals surface area contributed by atoms with E-state index in [0.29, 0.717) is 11.6 Å². The summed E-state index contributed by atoms with van der Waals surface area (Å²) >= 11 is 0. The lowest BCUT2D eigenvalue weighted by molar-refractivity contribution is -0.384. The predicted octanol–water partition coefficient (Wildman–Crippen LogP) is 1.54. The third-order valence-electron chi connectivity index (χ3n) is 3.64. The van der Waals surface area contributed by atoms with E-state index >= 15 is 0 Å². The zero-order valence-electron chi connectivity index (χ0n) is 13.8. The molecule has 0 aliphatic rings. The topological polar surface area (TPSA) is 142 Å². The van der Waals surface area contributed by atoms with Gasteiger partial charge in [0.2, 0.25) is 5.78 Å². The molecule has 1 aromatic carbocycles. The minimum atomic E-state index is -0.558. The van der Waals surface area contributed by atoms with Crippen molar-refractivity contribution in [3.05, 3.63) is 70.2 Å². The summed E-state index contributed by atoms with van der Waals surface area (Å²) < 4.78 is 1.55. The van der Waals surface area contributed by atoms with Crippen LogP contribution in [0.4, 0.5) is 17.2 Å². The molecule has 2 heterocycles. The fourth-order valence-corrected chi connectivity index (χ4v) is 2.36. The third-order valence-corrected chi connectivity index (χ3v) is 3.64. The van der Waals surface area contributed by atoms with E-state index in [2.05, 4.69) is 20.3 Å². The highest BCUT2D eigenvalue weighted by atomic mass is 16.6. The number of nitrogens with one attached hydrogen (secondary N) is 1. The number of imidazole rings is 1. The Labute approximate surface area is 147 Å². The number of hydrogen-bond acceptors (Lipinski definition) is 8. The number of nitro groups is 1. The molecular formula is C16H15N7O3. The molecule has 10 heteroatoms. The van der Waals surface area contributed by atoms with Gasteiger partial charge in [-0.3, -0.25) is 14.9 Å². The molecular weight excluding hydrogens is 338 g/mol. The maximum absolute atomic E-state index is 12.5. The Bertz CT molecular complexity index is 983. The molecule has 0 atom stereocenters. The van der Waals surface area contributed by atoms with Gasteiger partial charge in [-0.1, -0.05) is 0 Å². The number of benzene rings is 1. The Hall–Kier alpha value is -3.82. The Morgan fingerprint density at radius 1 is 1.31 bits per heavy atom. The fraction of sp³-hybridized carbons (Fsp3) is 0.125. The Morgan fingerprint density at radius 2 is 2.12 bits per heavy atom. The van der Waals surface area contributed by atoms with Crippen molar-refractivity contribution in [1.29, 1.82) is 0 Å². The van der Waals surface area contributed by atoms with Gasteiger partial charge in [-0.05, 0) is 18.2 Å². The molecule has 132 valence electrons. The molecule has 3 rings (SSSR count). The van der Waals surface area contributed by atoms with Gasteiger partial charge in [-0.15, -0.1) is 0 Å². The number of hydrogen-bond donors (Lipinski definition) is 2. The van der Waals surface area contributed by atoms with Crippen molar-refractivity contribution in [2.24, 2.45) is 7.05 Å². The molecule has 26 heavy (non-hydrogen) atoms. The van der Waals surface area contributed by atoms with Gasteiger partial charge in [0.25, 0.3) is 5.69 Å². The molecule has 0 bridgehead atoms. The summed E-state index contributed by atoms with van der Waals surface area (Å²) in [6.07, 6.45) is 4.62. The van der Waals surface area contributed by atoms with E-state index < -0.39 is 10.7 Å². The molecule has 0 amide bonds. The van der Waals surface area contributed by atoms with Gasteiger partial charge in [0.1, 0.15) is 17.3 Å². The van der Waals surface area contributed by atoms with Gasteiger partial charge in [0.05, 0.1) is 11.5 Å². The number of nitrogens with two attached hydrogens (primary N) is 1. The monoisotopic (exact) mass is 353 g/mol. The van der Waals surface area contributed by atoms with Crippen molar-refractivity contribution in [2.75, 3.05) is 11.1 Å². The lowest BCUT2D eigenvalue weighted by atomic mass is 10.1. The Kier molecular flexibility index (Phi) is 4.56. The van der Waals surface area contributed by atoms with E-state index in [4.69, 9.17) is 5.73 Å². The summed E-state index contributed by atoms with van der Waals surface area (Å²) in [5.41, 5.74) is 5.78. The van der Waals surface area contributed by atoms with Crippen LogP contribution in [0.3, 0.4) is 0 Å². The van der Waals surface area contributed by atoms with Crippen molar-refractivity contribution in [3.63, 3.8) is 0 Å². The van der Waals surface area contributed by atoms with Crippen LogP contribution in [-0.2, 0) is 13.6 Å². The van der Waals surface area contributed by atoms with Crippen LogP contribution in [0.1, 0.15) is 22.0 Å². The first-order valence-corrected chi connectivity index (χ1v) is 7.57. The molecule has 0 spiro atoms. The quantitative estimate of drug-likeness (QED) is 0.386. The van der Waals surface area contributed by atoms with Crippen molar-refractivity contribution in [2.45, 2.75) is 6.54 Å². The molecule has 3 aromatic rings. The largest absolute Gasteiger partial charge is 0.384 e. The average molecular weight is 353 g/mol. The first-order valence-electron chi connectivity index (χ1n) is 7.57. The summed E-state index contributed by atoms with van der Waals surface area (Å²) in [5, 5.41) is 14.3. The molecule has 0 aliphatic heterocycles. The summed E-state index contributed by atoms with van der Waals surface area (Å²) in [6.45, 7) is 0.151. The minimum Gasteiger partial charge on any atom is -0.384 e. The number of carbonyl (C=O) groups excluding carboxylic acids is 1. The maximum atomic E-state index is 12.5. The van der Waals surface area contributed by atoms with Crippen LogP contribution in [-0.4, -0.2) is 30.2 Å². The molecule has 0 aliphatic carbocycles. The van der Waals surface area contributed by atoms with Gasteiger partial charge in [0, 0.05) is 37.3 Å². The fourth-order valence-electron chi connectivity index (χ4n) is 2.36. The number of nitrogens with zero attached hydrogens (tertiary/aromatic N) is 5. The minimum absolute atomic E-state index is 0.151. The number of anilines is 2. The summed E-state index contributed by atoms with van der Waals surface area (Å²) in [5.74, 6) is 0.509. The van der Waals surface area contributed by atoms with Gasteiger partial charge >= 0.3 is 0 Å². The predicted molar refractivity (Wildman–Crippen MR) is 93.5 cm³/mol. The van der Waals surface area contributed by atoms with E-state index in [9.17, 15) is 14.9 Å². The second-order valence-electron chi connectivity index (χ2n) is 5.43. The van der Waals surface area contributed by atoms with Crippen molar-refractivity contribution in [1.82, 2.24) is 19.5 Å². The highest BCUT2D eigenvalue weighted by Gasteiger charge is 2.20. The molecule has 0 fully saturated rings. The smallest absolute Gasteiger partial charge is 0.293 e. The van der Waals surface area contributed by atoms with Crippen LogP contribution < -0.4 is 11.1 Å². The second-order valence-corrected chi connectivity index (χ2v) is 5.43. The van der Waals surface area contributed by atoms with E-state index in [1.807, 2.05) is 0 Å². The number of aromatic nitrogens is 4. The van der Waals surface area contributed by atoms with E-state index in [0.717, 1.165) is 0 Å². The van der Waals surface area contributed by atoms with Crippen LogP contribution in [0.15, 0.2) is 42.9 Å². The summed E-state index contributed by atoms with van der Waals surface area (Å²) in [4.78, 5) is 35.3. The van der Waals surface area contributed by atoms with E-state index in [1.54, 1.807) is 23.9 Å². The van der Waals surface area contributed by atoms with Gasteiger partial charge in [0.15, 0.2) is 5.82 Å². The lowest BCUT2D eigenvalue weighted by Crippen LogP contribution is -2.11. The van der Waals surface area contributed by atoms with Crippen LogP contribution in [0.2, 0.25) is 0 Å². The second kappa shape index (κ2) is 6.97. The van der Waals surface area contributed by atoms with Crippen molar-refractivity contribution in [3.8, 4) is 0 Å². The number of carbonyl (C=O) groups is 1. The zero-order chi connectivity index (χ0) is 18.7. The summed E-state index contributed by atoms with van der Waals surface area (Å²) in [6, 6.07) is 5.75. The van der Waals surface area contributed by atoms with E-state index in [-0.39, 0.29) is 29.3 Å². The van der Waals surface area contributed by atoms with Crippen LogP contribution in [0.5, 0.6) is 0 Å². The highest BCUT2D eigenvalue weighted by molar-refractivity contribution is 6.07. The molecule has 2 aromatic heterocycles. The zero-order valence-corrected chi connectivity index (χ0v) is 13.8. The third kappa shape index (κ3) is 3.48. The normalized spacial score (nSPS) is 10.5. The number of nitrogen functional groups attached to an aromatic ring is 1. The van der Waals surface area contributed by atoms with Crippen molar-refractivity contribution < 1.29 is 9.72 Å². The van der Waals surface area contributed by atoms with Gasteiger partial charge < -0.3 is 15.6 Å². The Balaban J connectivity index is 1.86. The standard InChI is InChI=1S/C16H15N7O3/c1-22-7-6-19-16(22)15(24)10-2-3-11(12(8-10)23(25)26)20-9-14-18-5-4-13(17)21-14/h2-8,20H,9H2,1H3,(H2,17,18,21). The number of rotatable bonds is 6. The first kappa shape index (κ1) is 17.0. The lowest BCUT2D eigenvalue weighted by Gasteiger charge is -2.08. The number of ketones is 1. The average Bonchev–Trinajstić information content (AvgIpc) is 3.05. The SMILES string of the molecule is Cn1ccnc1C(=O)c1ccc(NCc2nccc(N)n2)c([N+](=O)[O-])c1. The molecule has 3 N–H and O–H groups in total. The van der Waals surface area contributed by atoms with Crippen LogP contribution >= 0.6 is 0 Å². The first-order chi connectivity index (χ1) is 12.5. The summed E-state index contributed by atoms with van der Waals surface area (Å²) in [7, 11) is 1.68. The van der Waals surface area contributed by atoms with Crippen LogP contribution in [0, 0.1) is 10.1 Å². The maximum Gasteiger partial charge on any atom is 0.293 e. The van der Waals surface area contributed by atoms with Crippen molar-refractivity contribution >= 4 is 23.0 Å². The molecule has 0 saturated heterocycles. The molecule has 0 radical (unpaired) electrons. The van der Waals surface area contributed by atoms with Crippen LogP contribution in [0.25, 0.3) is 0 Å². The Morgan fingerprint density at radius 3 is 2.77 bits per heavy atom. The molecule has 0 unspecified atom stereocenters.